The number of hydrogen-bond acceptors (Lipinski definition) is 3. The molecule has 0 aliphatic heterocycles. The van der Waals surface area contributed by atoms with Crippen molar-refractivity contribution in [2.24, 2.45) is 7.05 Å². The summed E-state index contributed by atoms with van der Waals surface area (Å²) >= 11 is 0. The van der Waals surface area contributed by atoms with Crippen molar-refractivity contribution in [1.29, 1.82) is 0 Å². The molecule has 6 heteroatoms. The molecule has 0 aliphatic rings. The van der Waals surface area contributed by atoms with E-state index in [4.69, 9.17) is 0 Å². The highest BCUT2D eigenvalue weighted by molar-refractivity contribution is 5.93. The van der Waals surface area contributed by atoms with Crippen molar-refractivity contribution in [3.8, 4) is 0 Å². The van der Waals surface area contributed by atoms with Gasteiger partial charge in [0, 0.05) is 43.2 Å². The molecule has 1 aromatic carbocycles. The van der Waals surface area contributed by atoms with Gasteiger partial charge in [0.1, 0.15) is 0 Å². The van der Waals surface area contributed by atoms with Gasteiger partial charge in [-0.2, -0.15) is 5.10 Å². The molecule has 2 N–H and O–H groups in total. The monoisotopic (exact) mass is 342 g/mol. The maximum absolute atomic E-state index is 12.1. The van der Waals surface area contributed by atoms with Crippen LogP contribution in [0.5, 0.6) is 0 Å². The molecule has 2 aromatic rings. The van der Waals surface area contributed by atoms with Crippen molar-refractivity contribution in [2.75, 3.05) is 10.6 Å². The lowest BCUT2D eigenvalue weighted by Crippen LogP contribution is -2.14. The van der Waals surface area contributed by atoms with Gasteiger partial charge >= 0.3 is 0 Å². The first-order chi connectivity index (χ1) is 12.0. The molecule has 0 saturated heterocycles. The third-order valence-electron chi connectivity index (χ3n) is 4.07. The summed E-state index contributed by atoms with van der Waals surface area (Å²) in [4.78, 5) is 23.9. The Labute approximate surface area is 148 Å². The van der Waals surface area contributed by atoms with E-state index in [2.05, 4.69) is 22.7 Å². The minimum atomic E-state index is -0.0414. The highest BCUT2D eigenvalue weighted by Gasteiger charge is 2.08. The fourth-order valence-corrected chi connectivity index (χ4v) is 2.54. The van der Waals surface area contributed by atoms with Crippen LogP contribution in [0.3, 0.4) is 0 Å². The van der Waals surface area contributed by atoms with E-state index in [1.807, 2.05) is 38.2 Å². The van der Waals surface area contributed by atoms with Gasteiger partial charge in [0.15, 0.2) is 0 Å². The zero-order chi connectivity index (χ0) is 18.2. The first kappa shape index (κ1) is 18.7. The van der Waals surface area contributed by atoms with Gasteiger partial charge in [-0.05, 0) is 49.6 Å². The number of hydrogen-bond donors (Lipinski definition) is 2. The predicted octanol–water partition coefficient (Wildman–Crippen LogP) is 3.43. The summed E-state index contributed by atoms with van der Waals surface area (Å²) in [5, 5.41) is 9.90. The number of aryl methyl sites for hydroxylation is 3. The Hall–Kier alpha value is -2.63. The number of anilines is 2. The second-order valence-electron chi connectivity index (χ2n) is 6.18. The average Bonchev–Trinajstić information content (AvgIpc) is 2.98. The molecule has 25 heavy (non-hydrogen) atoms. The fraction of sp³-hybridized carbons (Fsp3) is 0.421. The number of nitrogens with one attached hydrogen (secondary N) is 2. The SMILES string of the molecule is CCCCC(=O)Nc1ccc(NC(=O)CCc2ccnn2C)cc1C. The van der Waals surface area contributed by atoms with Crippen LogP contribution in [0.1, 0.15) is 43.9 Å². The van der Waals surface area contributed by atoms with Crippen molar-refractivity contribution in [3.05, 3.63) is 41.7 Å². The van der Waals surface area contributed by atoms with Crippen molar-refractivity contribution in [1.82, 2.24) is 9.78 Å². The summed E-state index contributed by atoms with van der Waals surface area (Å²) in [6.07, 6.45) is 5.18. The van der Waals surface area contributed by atoms with E-state index in [0.717, 1.165) is 35.5 Å². The van der Waals surface area contributed by atoms with E-state index < -0.39 is 0 Å². The highest BCUT2D eigenvalue weighted by atomic mass is 16.2. The molecular formula is C19H26N4O2. The number of amides is 2. The van der Waals surface area contributed by atoms with Gasteiger partial charge in [0.05, 0.1) is 0 Å². The molecule has 2 amide bonds. The standard InChI is InChI=1S/C19H26N4O2/c1-4-5-6-18(24)22-17-9-7-15(13-14(17)2)21-19(25)10-8-16-11-12-20-23(16)3/h7,9,11-13H,4-6,8,10H2,1-3H3,(H,21,25)(H,22,24). The first-order valence-electron chi connectivity index (χ1n) is 8.67. The maximum atomic E-state index is 12.1. The van der Waals surface area contributed by atoms with Crippen LogP contribution in [0, 0.1) is 6.92 Å². The van der Waals surface area contributed by atoms with Gasteiger partial charge < -0.3 is 10.6 Å². The molecule has 1 aromatic heterocycles. The van der Waals surface area contributed by atoms with Crippen molar-refractivity contribution in [3.63, 3.8) is 0 Å². The number of carbonyl (C=O) groups is 2. The molecular weight excluding hydrogens is 316 g/mol. The van der Waals surface area contributed by atoms with Crippen LogP contribution in [0.15, 0.2) is 30.5 Å². The van der Waals surface area contributed by atoms with Crippen LogP contribution in [0.25, 0.3) is 0 Å². The van der Waals surface area contributed by atoms with Gasteiger partial charge in [-0.1, -0.05) is 13.3 Å². The van der Waals surface area contributed by atoms with Gasteiger partial charge in [-0.25, -0.2) is 0 Å². The van der Waals surface area contributed by atoms with Gasteiger partial charge in [-0.3, -0.25) is 14.3 Å². The Morgan fingerprint density at radius 2 is 1.88 bits per heavy atom. The normalized spacial score (nSPS) is 10.5. The zero-order valence-electron chi connectivity index (χ0n) is 15.1. The number of nitrogens with zero attached hydrogens (tertiary/aromatic N) is 2. The second kappa shape index (κ2) is 9.01. The Kier molecular flexibility index (Phi) is 6.74. The fourth-order valence-electron chi connectivity index (χ4n) is 2.54. The average molecular weight is 342 g/mol. The molecule has 0 bridgehead atoms. The van der Waals surface area contributed by atoms with Crippen LogP contribution >= 0.6 is 0 Å². The molecule has 134 valence electrons. The summed E-state index contributed by atoms with van der Waals surface area (Å²) in [6.45, 7) is 3.98. The molecule has 1 heterocycles. The largest absolute Gasteiger partial charge is 0.326 e. The molecule has 0 radical (unpaired) electrons. The van der Waals surface area contributed by atoms with E-state index in [-0.39, 0.29) is 11.8 Å². The zero-order valence-corrected chi connectivity index (χ0v) is 15.1. The summed E-state index contributed by atoms with van der Waals surface area (Å²) in [5.74, 6) is -0.0155. The Balaban J connectivity index is 1.88. The summed E-state index contributed by atoms with van der Waals surface area (Å²) in [7, 11) is 1.87. The van der Waals surface area contributed by atoms with Crippen molar-refractivity contribution in [2.45, 2.75) is 46.0 Å². The lowest BCUT2D eigenvalue weighted by molar-refractivity contribution is -0.117. The third-order valence-corrected chi connectivity index (χ3v) is 4.07. The van der Waals surface area contributed by atoms with E-state index in [1.165, 1.54) is 0 Å². The number of carbonyl (C=O) groups excluding carboxylic acids is 2. The topological polar surface area (TPSA) is 76.0 Å². The van der Waals surface area contributed by atoms with E-state index in [9.17, 15) is 9.59 Å². The molecule has 0 unspecified atom stereocenters. The van der Waals surface area contributed by atoms with Gasteiger partial charge in [-0.15, -0.1) is 0 Å². The number of aromatic nitrogens is 2. The van der Waals surface area contributed by atoms with Gasteiger partial charge in [0.2, 0.25) is 11.8 Å². The maximum Gasteiger partial charge on any atom is 0.224 e. The van der Waals surface area contributed by atoms with Gasteiger partial charge in [0.25, 0.3) is 0 Å². The quantitative estimate of drug-likeness (QED) is 0.772. The van der Waals surface area contributed by atoms with Crippen LogP contribution in [-0.4, -0.2) is 21.6 Å². The molecule has 0 spiro atoms. The Morgan fingerprint density at radius 3 is 2.52 bits per heavy atom. The van der Waals surface area contributed by atoms with Crippen molar-refractivity contribution < 1.29 is 9.59 Å². The summed E-state index contributed by atoms with van der Waals surface area (Å²) < 4.78 is 1.77. The Morgan fingerprint density at radius 1 is 1.12 bits per heavy atom. The predicted molar refractivity (Wildman–Crippen MR) is 99.5 cm³/mol. The molecule has 0 atom stereocenters. The summed E-state index contributed by atoms with van der Waals surface area (Å²) in [6, 6.07) is 7.42. The molecule has 0 aliphatic carbocycles. The lowest BCUT2D eigenvalue weighted by Gasteiger charge is -2.11. The number of unbranched alkanes of at least 4 members (excludes halogenated alkanes) is 1. The molecule has 2 rings (SSSR count). The lowest BCUT2D eigenvalue weighted by atomic mass is 10.1. The number of benzene rings is 1. The minimum absolute atomic E-state index is 0.0258. The minimum Gasteiger partial charge on any atom is -0.326 e. The summed E-state index contributed by atoms with van der Waals surface area (Å²) in [5.41, 5.74) is 3.47. The van der Waals surface area contributed by atoms with E-state index >= 15 is 0 Å². The first-order valence-corrected chi connectivity index (χ1v) is 8.67. The molecule has 0 fully saturated rings. The Bertz CT molecular complexity index is 737. The van der Waals surface area contributed by atoms with E-state index in [0.29, 0.717) is 19.3 Å². The van der Waals surface area contributed by atoms with Crippen LogP contribution in [-0.2, 0) is 23.1 Å². The van der Waals surface area contributed by atoms with Crippen molar-refractivity contribution >= 4 is 23.2 Å². The van der Waals surface area contributed by atoms with Crippen LogP contribution < -0.4 is 10.6 Å². The smallest absolute Gasteiger partial charge is 0.224 e. The molecule has 0 saturated carbocycles. The van der Waals surface area contributed by atoms with E-state index in [1.54, 1.807) is 10.9 Å². The molecule has 6 nitrogen and oxygen atoms in total. The third kappa shape index (κ3) is 5.74. The highest BCUT2D eigenvalue weighted by Crippen LogP contribution is 2.20. The van der Waals surface area contributed by atoms with Crippen LogP contribution in [0.4, 0.5) is 11.4 Å². The second-order valence-corrected chi connectivity index (χ2v) is 6.18. The van der Waals surface area contributed by atoms with Crippen LogP contribution in [0.2, 0.25) is 0 Å². The number of rotatable bonds is 8.